The normalized spacial score (nSPS) is 19.5. The van der Waals surface area contributed by atoms with Crippen LogP contribution >= 0.6 is 0 Å². The van der Waals surface area contributed by atoms with Gasteiger partial charge in [-0.1, -0.05) is 0 Å². The molecule has 1 amide bonds. The first kappa shape index (κ1) is 15.7. The van der Waals surface area contributed by atoms with Crippen LogP contribution < -0.4 is 10.3 Å². The standard InChI is InChI=1S/C18H19N3O4/c1-11-8-13-15(20-6-4-19(10-22)5-7-20)3-2-12-16(13)21(11)9-14(17(12)23)18(24)25/h2-3,9-11H,4-8H2,1H3,(H,24,25). The van der Waals surface area contributed by atoms with Crippen LogP contribution in [0.4, 0.5) is 5.69 Å². The summed E-state index contributed by atoms with van der Waals surface area (Å²) >= 11 is 0. The molecule has 4 rings (SSSR count). The predicted molar refractivity (Wildman–Crippen MR) is 93.4 cm³/mol. The van der Waals surface area contributed by atoms with E-state index in [1.54, 1.807) is 11.0 Å². The Bertz CT molecular complexity index is 941. The smallest absolute Gasteiger partial charge is 0.341 e. The molecule has 1 unspecified atom stereocenters. The fourth-order valence-electron chi connectivity index (χ4n) is 3.97. The minimum atomic E-state index is -1.19. The Kier molecular flexibility index (Phi) is 3.52. The second-order valence-corrected chi connectivity index (χ2v) is 6.73. The van der Waals surface area contributed by atoms with Gasteiger partial charge in [-0.25, -0.2) is 4.79 Å². The van der Waals surface area contributed by atoms with Gasteiger partial charge in [-0.2, -0.15) is 0 Å². The molecule has 1 fully saturated rings. The number of piperazine rings is 1. The van der Waals surface area contributed by atoms with Crippen molar-refractivity contribution in [1.82, 2.24) is 9.47 Å². The zero-order chi connectivity index (χ0) is 17.7. The van der Waals surface area contributed by atoms with Gasteiger partial charge in [0.05, 0.1) is 5.52 Å². The van der Waals surface area contributed by atoms with Crippen molar-refractivity contribution in [2.75, 3.05) is 31.1 Å². The summed E-state index contributed by atoms with van der Waals surface area (Å²) in [6.07, 6.45) is 3.12. The van der Waals surface area contributed by atoms with Crippen molar-refractivity contribution >= 4 is 29.0 Å². The van der Waals surface area contributed by atoms with E-state index in [2.05, 4.69) is 4.90 Å². The number of rotatable bonds is 3. The summed E-state index contributed by atoms with van der Waals surface area (Å²) in [6.45, 7) is 4.90. The van der Waals surface area contributed by atoms with Crippen molar-refractivity contribution in [3.8, 4) is 0 Å². The van der Waals surface area contributed by atoms with Crippen LogP contribution in [0, 0.1) is 0 Å². The van der Waals surface area contributed by atoms with Crippen LogP contribution in [0.25, 0.3) is 10.9 Å². The van der Waals surface area contributed by atoms with Gasteiger partial charge in [-0.3, -0.25) is 9.59 Å². The van der Waals surface area contributed by atoms with E-state index in [9.17, 15) is 19.5 Å². The Morgan fingerprint density at radius 1 is 1.24 bits per heavy atom. The van der Waals surface area contributed by atoms with Crippen LogP contribution in [0.15, 0.2) is 23.1 Å². The second kappa shape index (κ2) is 5.61. The molecular formula is C18H19N3O4. The molecule has 1 atom stereocenters. The predicted octanol–water partition coefficient (Wildman–Crippen LogP) is 1.10. The van der Waals surface area contributed by atoms with Gasteiger partial charge in [0.1, 0.15) is 5.56 Å². The van der Waals surface area contributed by atoms with Gasteiger partial charge in [-0.05, 0) is 25.5 Å². The number of carbonyl (C=O) groups excluding carboxylic acids is 1. The molecular weight excluding hydrogens is 322 g/mol. The van der Waals surface area contributed by atoms with E-state index >= 15 is 0 Å². The molecule has 1 N–H and O–H groups in total. The molecule has 25 heavy (non-hydrogen) atoms. The highest BCUT2D eigenvalue weighted by Crippen LogP contribution is 2.37. The quantitative estimate of drug-likeness (QED) is 0.845. The molecule has 0 spiro atoms. The number of anilines is 1. The number of hydrogen-bond donors (Lipinski definition) is 1. The van der Waals surface area contributed by atoms with Crippen LogP contribution in [0.5, 0.6) is 0 Å². The number of hydrogen-bond acceptors (Lipinski definition) is 4. The van der Waals surface area contributed by atoms with Crippen LogP contribution in [-0.2, 0) is 11.2 Å². The number of aromatic nitrogens is 1. The molecule has 3 heterocycles. The number of amides is 1. The number of carboxylic acids is 1. The SMILES string of the molecule is CC1Cc2c(N3CCN(C=O)CC3)ccc3c(=O)c(C(=O)O)cn1c23. The molecule has 0 bridgehead atoms. The summed E-state index contributed by atoms with van der Waals surface area (Å²) in [7, 11) is 0. The number of carboxylic acid groups (broad SMARTS) is 1. The molecule has 130 valence electrons. The summed E-state index contributed by atoms with van der Waals surface area (Å²) in [5.74, 6) is -1.19. The van der Waals surface area contributed by atoms with Crippen molar-refractivity contribution in [3.63, 3.8) is 0 Å². The minimum absolute atomic E-state index is 0.105. The molecule has 2 aromatic rings. The largest absolute Gasteiger partial charge is 0.477 e. The third kappa shape index (κ3) is 2.30. The first-order valence-corrected chi connectivity index (χ1v) is 8.39. The highest BCUT2D eigenvalue weighted by molar-refractivity contribution is 5.95. The maximum Gasteiger partial charge on any atom is 0.341 e. The molecule has 0 saturated carbocycles. The van der Waals surface area contributed by atoms with Gasteiger partial charge in [0.2, 0.25) is 11.8 Å². The minimum Gasteiger partial charge on any atom is -0.477 e. The summed E-state index contributed by atoms with van der Waals surface area (Å²) in [6, 6.07) is 3.77. The number of benzene rings is 1. The third-order valence-corrected chi connectivity index (χ3v) is 5.28. The van der Waals surface area contributed by atoms with Crippen LogP contribution in [0.1, 0.15) is 28.9 Å². The molecule has 2 aliphatic rings. The van der Waals surface area contributed by atoms with Gasteiger partial charge >= 0.3 is 5.97 Å². The van der Waals surface area contributed by atoms with E-state index in [0.29, 0.717) is 18.5 Å². The van der Waals surface area contributed by atoms with E-state index in [-0.39, 0.29) is 11.6 Å². The van der Waals surface area contributed by atoms with Crippen molar-refractivity contribution in [1.29, 1.82) is 0 Å². The molecule has 1 saturated heterocycles. The maximum atomic E-state index is 12.5. The van der Waals surface area contributed by atoms with Crippen LogP contribution in [0.3, 0.4) is 0 Å². The lowest BCUT2D eigenvalue weighted by Crippen LogP contribution is -2.46. The lowest BCUT2D eigenvalue weighted by atomic mass is 10.0. The molecule has 0 aliphatic carbocycles. The Morgan fingerprint density at radius 3 is 2.60 bits per heavy atom. The molecule has 7 heteroatoms. The van der Waals surface area contributed by atoms with Crippen molar-refractivity contribution in [3.05, 3.63) is 39.7 Å². The molecule has 1 aromatic heterocycles. The first-order chi connectivity index (χ1) is 12.0. The van der Waals surface area contributed by atoms with E-state index in [4.69, 9.17) is 0 Å². The fraction of sp³-hybridized carbons (Fsp3) is 0.389. The highest BCUT2D eigenvalue weighted by Gasteiger charge is 2.29. The summed E-state index contributed by atoms with van der Waals surface area (Å²) < 4.78 is 1.92. The number of pyridine rings is 1. The Hall–Kier alpha value is -2.83. The summed E-state index contributed by atoms with van der Waals surface area (Å²) in [5, 5.41) is 9.77. The average Bonchev–Trinajstić information content (AvgIpc) is 2.94. The zero-order valence-corrected chi connectivity index (χ0v) is 13.9. The summed E-state index contributed by atoms with van der Waals surface area (Å²) in [4.78, 5) is 38.8. The number of carbonyl (C=O) groups is 2. The van der Waals surface area contributed by atoms with E-state index in [1.807, 2.05) is 17.6 Å². The van der Waals surface area contributed by atoms with E-state index in [1.165, 1.54) is 6.20 Å². The monoisotopic (exact) mass is 341 g/mol. The lowest BCUT2D eigenvalue weighted by molar-refractivity contribution is -0.118. The van der Waals surface area contributed by atoms with Gasteiger partial charge in [0.15, 0.2) is 0 Å². The van der Waals surface area contributed by atoms with Crippen molar-refractivity contribution < 1.29 is 14.7 Å². The third-order valence-electron chi connectivity index (χ3n) is 5.28. The Morgan fingerprint density at radius 2 is 1.96 bits per heavy atom. The number of aromatic carboxylic acids is 1. The van der Waals surface area contributed by atoms with Gasteiger partial charge in [0, 0.05) is 55.1 Å². The van der Waals surface area contributed by atoms with E-state index < -0.39 is 11.4 Å². The van der Waals surface area contributed by atoms with Crippen LogP contribution in [-0.4, -0.2) is 53.1 Å². The van der Waals surface area contributed by atoms with Gasteiger partial charge in [0.25, 0.3) is 0 Å². The first-order valence-electron chi connectivity index (χ1n) is 8.39. The molecule has 1 aromatic carbocycles. The second-order valence-electron chi connectivity index (χ2n) is 6.73. The topological polar surface area (TPSA) is 82.8 Å². The Labute approximate surface area is 144 Å². The highest BCUT2D eigenvalue weighted by atomic mass is 16.4. The Balaban J connectivity index is 1.86. The maximum absolute atomic E-state index is 12.5. The average molecular weight is 341 g/mol. The lowest BCUT2D eigenvalue weighted by Gasteiger charge is -2.35. The fourth-order valence-corrected chi connectivity index (χ4v) is 3.97. The zero-order valence-electron chi connectivity index (χ0n) is 13.9. The molecule has 2 aliphatic heterocycles. The number of nitrogens with zero attached hydrogens (tertiary/aromatic N) is 3. The molecule has 7 nitrogen and oxygen atoms in total. The van der Waals surface area contributed by atoms with Crippen molar-refractivity contribution in [2.45, 2.75) is 19.4 Å². The van der Waals surface area contributed by atoms with Crippen LogP contribution in [0.2, 0.25) is 0 Å². The molecule has 0 radical (unpaired) electrons. The van der Waals surface area contributed by atoms with Gasteiger partial charge in [-0.15, -0.1) is 0 Å². The van der Waals surface area contributed by atoms with E-state index in [0.717, 1.165) is 42.7 Å². The van der Waals surface area contributed by atoms with Gasteiger partial charge < -0.3 is 19.5 Å². The summed E-state index contributed by atoms with van der Waals surface area (Å²) in [5.41, 5.74) is 2.42. The van der Waals surface area contributed by atoms with Crippen molar-refractivity contribution in [2.24, 2.45) is 0 Å².